The fourth-order valence-corrected chi connectivity index (χ4v) is 2.31. The van der Waals surface area contributed by atoms with Gasteiger partial charge in [-0.15, -0.1) is 0 Å². The zero-order chi connectivity index (χ0) is 13.5. The third-order valence-electron chi connectivity index (χ3n) is 2.82. The van der Waals surface area contributed by atoms with Gasteiger partial charge in [-0.25, -0.2) is 0 Å². The molecular formula is C15H18INO2. The fourth-order valence-electron chi connectivity index (χ4n) is 1.85. The molecule has 2 rings (SSSR count). The van der Waals surface area contributed by atoms with E-state index in [4.69, 9.17) is 9.15 Å². The van der Waals surface area contributed by atoms with Gasteiger partial charge in [-0.3, -0.25) is 0 Å². The van der Waals surface area contributed by atoms with E-state index in [1.807, 2.05) is 25.1 Å². The Kier molecular flexibility index (Phi) is 5.88. The summed E-state index contributed by atoms with van der Waals surface area (Å²) >= 11 is 2.17. The van der Waals surface area contributed by atoms with E-state index in [0.717, 1.165) is 29.2 Å². The second-order valence-electron chi connectivity index (χ2n) is 4.22. The molecule has 0 bridgehead atoms. The van der Waals surface area contributed by atoms with Gasteiger partial charge in [0.2, 0.25) is 0 Å². The van der Waals surface area contributed by atoms with Crippen LogP contribution in [0.25, 0.3) is 0 Å². The highest BCUT2D eigenvalue weighted by molar-refractivity contribution is 14.1. The number of nitrogens with one attached hydrogen (secondary N) is 1. The van der Waals surface area contributed by atoms with Gasteiger partial charge in [0.15, 0.2) is 3.77 Å². The van der Waals surface area contributed by atoms with Crippen molar-refractivity contribution in [2.24, 2.45) is 0 Å². The molecule has 0 spiro atoms. The summed E-state index contributed by atoms with van der Waals surface area (Å²) in [6.07, 6.45) is 0. The lowest BCUT2D eigenvalue weighted by atomic mass is 10.1. The Hall–Kier alpha value is -0.850. The molecule has 0 aliphatic heterocycles. The van der Waals surface area contributed by atoms with E-state index in [1.54, 1.807) is 0 Å². The van der Waals surface area contributed by atoms with Crippen LogP contribution in [0, 0.1) is 3.77 Å². The molecule has 2 aromatic rings. The van der Waals surface area contributed by atoms with Gasteiger partial charge in [-0.2, -0.15) is 0 Å². The Bertz CT molecular complexity index is 510. The molecular weight excluding hydrogens is 353 g/mol. The smallest absolute Gasteiger partial charge is 0.164 e. The second-order valence-corrected chi connectivity index (χ2v) is 5.28. The lowest BCUT2D eigenvalue weighted by Gasteiger charge is -2.10. The van der Waals surface area contributed by atoms with E-state index in [1.165, 1.54) is 11.1 Å². The second kappa shape index (κ2) is 7.67. The van der Waals surface area contributed by atoms with Crippen LogP contribution in [0.4, 0.5) is 0 Å². The summed E-state index contributed by atoms with van der Waals surface area (Å²) in [6, 6.07) is 12.3. The summed E-state index contributed by atoms with van der Waals surface area (Å²) in [5.74, 6) is 0.965. The molecule has 4 heteroatoms. The number of benzene rings is 1. The lowest BCUT2D eigenvalue weighted by molar-refractivity contribution is 0.133. The molecule has 0 radical (unpaired) electrons. The fraction of sp³-hybridized carbons (Fsp3) is 0.333. The van der Waals surface area contributed by atoms with Crippen molar-refractivity contribution >= 4 is 22.6 Å². The van der Waals surface area contributed by atoms with E-state index in [0.29, 0.717) is 6.61 Å². The topological polar surface area (TPSA) is 34.4 Å². The summed E-state index contributed by atoms with van der Waals surface area (Å²) < 4.78 is 11.9. The molecule has 1 aromatic heterocycles. The monoisotopic (exact) mass is 371 g/mol. The molecule has 1 N–H and O–H groups in total. The van der Waals surface area contributed by atoms with Crippen LogP contribution in [-0.2, 0) is 24.4 Å². The van der Waals surface area contributed by atoms with Gasteiger partial charge in [0.05, 0.1) is 13.2 Å². The summed E-state index contributed by atoms with van der Waals surface area (Å²) in [6.45, 7) is 4.99. The predicted octanol–water partition coefficient (Wildman–Crippen LogP) is 3.71. The van der Waals surface area contributed by atoms with Crippen LogP contribution in [0.15, 0.2) is 40.8 Å². The number of halogens is 1. The molecule has 102 valence electrons. The van der Waals surface area contributed by atoms with Crippen molar-refractivity contribution in [1.29, 1.82) is 0 Å². The highest BCUT2D eigenvalue weighted by Crippen LogP contribution is 2.12. The molecule has 19 heavy (non-hydrogen) atoms. The Morgan fingerprint density at radius 2 is 1.89 bits per heavy atom. The van der Waals surface area contributed by atoms with Gasteiger partial charge in [0, 0.05) is 13.2 Å². The zero-order valence-electron chi connectivity index (χ0n) is 11.0. The summed E-state index contributed by atoms with van der Waals surface area (Å²) in [4.78, 5) is 0. The van der Waals surface area contributed by atoms with Crippen LogP contribution in [0.5, 0.6) is 0 Å². The normalized spacial score (nSPS) is 10.8. The first kappa shape index (κ1) is 14.6. The van der Waals surface area contributed by atoms with Gasteiger partial charge >= 0.3 is 0 Å². The minimum absolute atomic E-state index is 0.674. The summed E-state index contributed by atoms with van der Waals surface area (Å²) in [7, 11) is 0. The zero-order valence-corrected chi connectivity index (χ0v) is 13.1. The molecule has 0 saturated carbocycles. The van der Waals surface area contributed by atoms with Gasteiger partial charge < -0.3 is 14.5 Å². The van der Waals surface area contributed by atoms with E-state index in [2.05, 4.69) is 46.1 Å². The Balaban J connectivity index is 1.88. The standard InChI is InChI=1S/C15H18INO2/c1-2-18-11-13-6-4-3-5-12(13)9-17-10-14-7-8-15(16)19-14/h3-8,17H,2,9-11H2,1H3. The quantitative estimate of drug-likeness (QED) is 0.754. The van der Waals surface area contributed by atoms with Gasteiger partial charge in [0.25, 0.3) is 0 Å². The van der Waals surface area contributed by atoms with Gasteiger partial charge in [0.1, 0.15) is 5.76 Å². The number of rotatable bonds is 7. The van der Waals surface area contributed by atoms with E-state index < -0.39 is 0 Å². The maximum Gasteiger partial charge on any atom is 0.164 e. The molecule has 0 fully saturated rings. The lowest BCUT2D eigenvalue weighted by Crippen LogP contribution is -2.13. The van der Waals surface area contributed by atoms with Crippen LogP contribution < -0.4 is 5.32 Å². The Morgan fingerprint density at radius 1 is 1.11 bits per heavy atom. The van der Waals surface area contributed by atoms with E-state index in [9.17, 15) is 0 Å². The van der Waals surface area contributed by atoms with Crippen molar-refractivity contribution in [3.63, 3.8) is 0 Å². The van der Waals surface area contributed by atoms with Crippen molar-refractivity contribution in [3.05, 3.63) is 57.1 Å². The third-order valence-corrected chi connectivity index (χ3v) is 3.40. The average Bonchev–Trinajstić information content (AvgIpc) is 2.83. The maximum absolute atomic E-state index is 5.52. The molecule has 0 aliphatic carbocycles. The minimum atomic E-state index is 0.674. The van der Waals surface area contributed by atoms with Crippen molar-refractivity contribution in [2.75, 3.05) is 6.61 Å². The molecule has 0 atom stereocenters. The Morgan fingerprint density at radius 3 is 2.58 bits per heavy atom. The van der Waals surface area contributed by atoms with Gasteiger partial charge in [-0.1, -0.05) is 24.3 Å². The van der Waals surface area contributed by atoms with Crippen LogP contribution in [0.2, 0.25) is 0 Å². The molecule has 1 aromatic carbocycles. The first-order valence-electron chi connectivity index (χ1n) is 6.39. The van der Waals surface area contributed by atoms with Crippen LogP contribution in [-0.4, -0.2) is 6.61 Å². The van der Waals surface area contributed by atoms with Crippen molar-refractivity contribution < 1.29 is 9.15 Å². The summed E-state index contributed by atoms with van der Waals surface area (Å²) in [5, 5.41) is 3.40. The minimum Gasteiger partial charge on any atom is -0.454 e. The predicted molar refractivity (Wildman–Crippen MR) is 83.7 cm³/mol. The Labute approximate surface area is 127 Å². The average molecular weight is 371 g/mol. The first-order chi connectivity index (χ1) is 9.29. The largest absolute Gasteiger partial charge is 0.454 e. The molecule has 3 nitrogen and oxygen atoms in total. The number of hydrogen-bond donors (Lipinski definition) is 1. The van der Waals surface area contributed by atoms with Crippen LogP contribution in [0.3, 0.4) is 0 Å². The third kappa shape index (κ3) is 4.63. The SMILES string of the molecule is CCOCc1ccccc1CNCc1ccc(I)o1. The highest BCUT2D eigenvalue weighted by atomic mass is 127. The van der Waals surface area contributed by atoms with Crippen molar-refractivity contribution in [2.45, 2.75) is 26.6 Å². The number of furan rings is 1. The van der Waals surface area contributed by atoms with Crippen molar-refractivity contribution in [1.82, 2.24) is 5.32 Å². The van der Waals surface area contributed by atoms with E-state index in [-0.39, 0.29) is 0 Å². The molecule has 0 saturated heterocycles. The van der Waals surface area contributed by atoms with E-state index >= 15 is 0 Å². The first-order valence-corrected chi connectivity index (χ1v) is 7.47. The van der Waals surface area contributed by atoms with Crippen molar-refractivity contribution in [3.8, 4) is 0 Å². The molecule has 1 heterocycles. The summed E-state index contributed by atoms with van der Waals surface area (Å²) in [5.41, 5.74) is 2.52. The number of hydrogen-bond acceptors (Lipinski definition) is 3. The van der Waals surface area contributed by atoms with Gasteiger partial charge in [-0.05, 0) is 52.8 Å². The molecule has 0 aliphatic rings. The van der Waals surface area contributed by atoms with Crippen LogP contribution >= 0.6 is 22.6 Å². The molecule has 0 amide bonds. The maximum atomic E-state index is 5.52. The number of ether oxygens (including phenoxy) is 1. The van der Waals surface area contributed by atoms with Crippen LogP contribution in [0.1, 0.15) is 23.8 Å². The molecule has 0 unspecified atom stereocenters. The highest BCUT2D eigenvalue weighted by Gasteiger charge is 2.03.